The second-order valence-corrected chi connectivity index (χ2v) is 3.50. The van der Waals surface area contributed by atoms with Crippen molar-refractivity contribution in [2.75, 3.05) is 6.54 Å². The fourth-order valence-electron chi connectivity index (χ4n) is 1.21. The van der Waals surface area contributed by atoms with Gasteiger partial charge < -0.3 is 10.4 Å². The number of carboxylic acids is 1. The lowest BCUT2D eigenvalue weighted by Gasteiger charge is -2.09. The normalized spacial score (nSPS) is 17.9. The molecule has 4 nitrogen and oxygen atoms in total. The molecular formula is C9H15NO3. The molecule has 74 valence electrons. The van der Waals surface area contributed by atoms with Gasteiger partial charge in [-0.05, 0) is 19.3 Å². The molecule has 2 N–H and O–H groups in total. The first kappa shape index (κ1) is 10.0. The van der Waals surface area contributed by atoms with Crippen molar-refractivity contribution < 1.29 is 14.7 Å². The van der Waals surface area contributed by atoms with Crippen molar-refractivity contribution in [2.24, 2.45) is 5.41 Å². The van der Waals surface area contributed by atoms with Gasteiger partial charge in [0.15, 0.2) is 0 Å². The number of hydrogen-bond donors (Lipinski definition) is 2. The van der Waals surface area contributed by atoms with Crippen molar-refractivity contribution >= 4 is 11.9 Å². The molecule has 1 saturated carbocycles. The Balaban J connectivity index is 2.35. The summed E-state index contributed by atoms with van der Waals surface area (Å²) in [6.07, 6.45) is 2.88. The van der Waals surface area contributed by atoms with Crippen LogP contribution in [-0.4, -0.2) is 23.5 Å². The maximum atomic E-state index is 11.4. The van der Waals surface area contributed by atoms with Gasteiger partial charge >= 0.3 is 5.97 Å². The van der Waals surface area contributed by atoms with Crippen LogP contribution in [0, 0.1) is 5.41 Å². The zero-order valence-corrected chi connectivity index (χ0v) is 7.80. The molecule has 0 aromatic heterocycles. The summed E-state index contributed by atoms with van der Waals surface area (Å²) in [5, 5.41) is 11.4. The van der Waals surface area contributed by atoms with Gasteiger partial charge in [0.05, 0.1) is 0 Å². The Hall–Kier alpha value is -1.06. The molecule has 13 heavy (non-hydrogen) atoms. The van der Waals surface area contributed by atoms with Crippen LogP contribution in [0.5, 0.6) is 0 Å². The highest BCUT2D eigenvalue weighted by Gasteiger charge is 2.56. The average Bonchev–Trinajstić information content (AvgIpc) is 2.84. The van der Waals surface area contributed by atoms with Gasteiger partial charge in [-0.2, -0.15) is 0 Å². The molecule has 1 rings (SSSR count). The highest BCUT2D eigenvalue weighted by molar-refractivity contribution is 6.04. The number of aliphatic carboxylic acids is 1. The van der Waals surface area contributed by atoms with Crippen molar-refractivity contribution in [1.82, 2.24) is 5.32 Å². The van der Waals surface area contributed by atoms with Crippen LogP contribution < -0.4 is 5.32 Å². The lowest BCUT2D eigenvalue weighted by Crippen LogP contribution is -2.37. The van der Waals surface area contributed by atoms with Crippen LogP contribution in [0.15, 0.2) is 0 Å². The van der Waals surface area contributed by atoms with Gasteiger partial charge in [0.25, 0.3) is 0 Å². The van der Waals surface area contributed by atoms with Crippen LogP contribution in [-0.2, 0) is 9.59 Å². The molecular weight excluding hydrogens is 170 g/mol. The Labute approximate surface area is 77.3 Å². The van der Waals surface area contributed by atoms with E-state index >= 15 is 0 Å². The van der Waals surface area contributed by atoms with Crippen molar-refractivity contribution in [3.63, 3.8) is 0 Å². The molecule has 0 aromatic rings. The Morgan fingerprint density at radius 3 is 2.46 bits per heavy atom. The topological polar surface area (TPSA) is 66.4 Å². The second kappa shape index (κ2) is 3.77. The maximum absolute atomic E-state index is 11.4. The van der Waals surface area contributed by atoms with Crippen LogP contribution in [0.2, 0.25) is 0 Å². The molecule has 0 aromatic carbocycles. The quantitative estimate of drug-likeness (QED) is 0.491. The smallest absolute Gasteiger partial charge is 0.319 e. The first-order chi connectivity index (χ1) is 6.13. The minimum absolute atomic E-state index is 0.312. The molecule has 0 radical (unpaired) electrons. The molecule has 1 aliphatic carbocycles. The van der Waals surface area contributed by atoms with Crippen LogP contribution in [0.3, 0.4) is 0 Å². The molecule has 0 heterocycles. The van der Waals surface area contributed by atoms with Gasteiger partial charge in [-0.3, -0.25) is 9.59 Å². The summed E-state index contributed by atoms with van der Waals surface area (Å²) >= 11 is 0. The Morgan fingerprint density at radius 1 is 1.46 bits per heavy atom. The SMILES string of the molecule is CCCCNC(=O)C1(C(=O)O)CC1. The minimum atomic E-state index is -1.08. The molecule has 0 spiro atoms. The number of carbonyl (C=O) groups excluding carboxylic acids is 1. The molecule has 0 saturated heterocycles. The van der Waals surface area contributed by atoms with E-state index < -0.39 is 11.4 Å². The minimum Gasteiger partial charge on any atom is -0.480 e. The van der Waals surface area contributed by atoms with Gasteiger partial charge in [0.2, 0.25) is 5.91 Å². The third kappa shape index (κ3) is 1.99. The molecule has 1 aliphatic rings. The number of carbonyl (C=O) groups is 2. The van der Waals surface area contributed by atoms with Gasteiger partial charge in [-0.15, -0.1) is 0 Å². The standard InChI is InChI=1S/C9H15NO3/c1-2-3-6-10-7(11)9(4-5-9)8(12)13/h2-6H2,1H3,(H,10,11)(H,12,13). The van der Waals surface area contributed by atoms with Crippen LogP contribution >= 0.6 is 0 Å². The van der Waals surface area contributed by atoms with Crippen molar-refractivity contribution in [1.29, 1.82) is 0 Å². The van der Waals surface area contributed by atoms with Crippen LogP contribution in [0.25, 0.3) is 0 Å². The number of hydrogen-bond acceptors (Lipinski definition) is 2. The van der Waals surface area contributed by atoms with E-state index in [2.05, 4.69) is 5.32 Å². The molecule has 0 aliphatic heterocycles. The van der Waals surface area contributed by atoms with Crippen molar-refractivity contribution in [3.05, 3.63) is 0 Å². The first-order valence-electron chi connectivity index (χ1n) is 4.65. The first-order valence-corrected chi connectivity index (χ1v) is 4.65. The Kier molecular flexibility index (Phi) is 2.90. The highest BCUT2D eigenvalue weighted by Crippen LogP contribution is 2.45. The summed E-state index contributed by atoms with van der Waals surface area (Å²) in [4.78, 5) is 22.0. The average molecular weight is 185 g/mol. The lowest BCUT2D eigenvalue weighted by atomic mass is 10.1. The summed E-state index contributed by atoms with van der Waals surface area (Å²) in [5.74, 6) is -1.30. The number of carboxylic acid groups (broad SMARTS) is 1. The Morgan fingerprint density at radius 2 is 2.08 bits per heavy atom. The Bertz CT molecular complexity index is 221. The third-order valence-electron chi connectivity index (χ3n) is 2.41. The van der Waals surface area contributed by atoms with E-state index in [1.165, 1.54) is 0 Å². The largest absolute Gasteiger partial charge is 0.480 e. The van der Waals surface area contributed by atoms with E-state index in [0.29, 0.717) is 19.4 Å². The van der Waals surface area contributed by atoms with Crippen LogP contribution in [0.4, 0.5) is 0 Å². The summed E-state index contributed by atoms with van der Waals surface area (Å²) in [7, 11) is 0. The molecule has 4 heteroatoms. The molecule has 1 fully saturated rings. The van der Waals surface area contributed by atoms with E-state index in [9.17, 15) is 9.59 Å². The van der Waals surface area contributed by atoms with Crippen molar-refractivity contribution in [3.8, 4) is 0 Å². The lowest BCUT2D eigenvalue weighted by molar-refractivity contribution is -0.149. The fourth-order valence-corrected chi connectivity index (χ4v) is 1.21. The third-order valence-corrected chi connectivity index (χ3v) is 2.41. The molecule has 0 unspecified atom stereocenters. The van der Waals surface area contributed by atoms with Gasteiger partial charge in [-0.1, -0.05) is 13.3 Å². The highest BCUT2D eigenvalue weighted by atomic mass is 16.4. The van der Waals surface area contributed by atoms with E-state index in [1.54, 1.807) is 0 Å². The van der Waals surface area contributed by atoms with Gasteiger partial charge in [-0.25, -0.2) is 0 Å². The van der Waals surface area contributed by atoms with E-state index in [0.717, 1.165) is 12.8 Å². The predicted octanol–water partition coefficient (Wildman–Crippen LogP) is 0.767. The van der Waals surface area contributed by atoms with Gasteiger partial charge in [0, 0.05) is 6.54 Å². The molecule has 0 bridgehead atoms. The molecule has 1 amide bonds. The van der Waals surface area contributed by atoms with E-state index in [1.807, 2.05) is 6.92 Å². The number of nitrogens with one attached hydrogen (secondary N) is 1. The summed E-state index contributed by atoms with van der Waals surface area (Å²) in [6.45, 7) is 2.61. The zero-order chi connectivity index (χ0) is 9.90. The fraction of sp³-hybridized carbons (Fsp3) is 0.778. The second-order valence-electron chi connectivity index (χ2n) is 3.50. The summed E-state index contributed by atoms with van der Waals surface area (Å²) in [5.41, 5.74) is -1.08. The number of unbranched alkanes of at least 4 members (excludes halogenated alkanes) is 1. The monoisotopic (exact) mass is 185 g/mol. The zero-order valence-electron chi connectivity index (χ0n) is 7.80. The van der Waals surface area contributed by atoms with Crippen LogP contribution in [0.1, 0.15) is 32.6 Å². The predicted molar refractivity (Wildman–Crippen MR) is 47.2 cm³/mol. The van der Waals surface area contributed by atoms with Gasteiger partial charge in [0.1, 0.15) is 5.41 Å². The van der Waals surface area contributed by atoms with Crippen molar-refractivity contribution in [2.45, 2.75) is 32.6 Å². The molecule has 0 atom stereocenters. The maximum Gasteiger partial charge on any atom is 0.319 e. The number of rotatable bonds is 5. The number of amides is 1. The summed E-state index contributed by atoms with van der Waals surface area (Å²) in [6, 6.07) is 0. The summed E-state index contributed by atoms with van der Waals surface area (Å²) < 4.78 is 0. The van der Waals surface area contributed by atoms with E-state index in [4.69, 9.17) is 5.11 Å². The van der Waals surface area contributed by atoms with E-state index in [-0.39, 0.29) is 5.91 Å².